The molecule has 2 heterocycles. The van der Waals surface area contributed by atoms with Crippen LogP contribution in [0.15, 0.2) is 47.8 Å². The van der Waals surface area contributed by atoms with Gasteiger partial charge in [-0.3, -0.25) is 19.7 Å². The summed E-state index contributed by atoms with van der Waals surface area (Å²) < 4.78 is 0. The lowest BCUT2D eigenvalue weighted by molar-refractivity contribution is 0.0998. The van der Waals surface area contributed by atoms with Crippen LogP contribution in [0, 0.1) is 0 Å². The van der Waals surface area contributed by atoms with Crippen LogP contribution in [0.1, 0.15) is 17.4 Å². The molecule has 0 saturated carbocycles. The van der Waals surface area contributed by atoms with E-state index >= 15 is 0 Å². The van der Waals surface area contributed by atoms with Crippen LogP contribution >= 0.6 is 23.4 Å². The Kier molecular flexibility index (Phi) is 4.40. The zero-order chi connectivity index (χ0) is 15.5. The van der Waals surface area contributed by atoms with Gasteiger partial charge in [0.2, 0.25) is 0 Å². The van der Waals surface area contributed by atoms with E-state index in [9.17, 15) is 4.79 Å². The summed E-state index contributed by atoms with van der Waals surface area (Å²) in [6, 6.07) is 7.27. The van der Waals surface area contributed by atoms with Gasteiger partial charge in [0.15, 0.2) is 5.17 Å². The second-order valence-electron chi connectivity index (χ2n) is 4.78. The topological polar surface area (TPSA) is 58.5 Å². The van der Waals surface area contributed by atoms with Gasteiger partial charge in [0.05, 0.1) is 17.9 Å². The molecule has 1 aliphatic heterocycles. The number of nitrogens with zero attached hydrogens (tertiary/aromatic N) is 4. The number of aliphatic imine (C=N–C) groups is 1. The molecule has 3 rings (SSSR count). The first-order valence-electron chi connectivity index (χ1n) is 6.72. The molecule has 0 N–H and O–H groups in total. The minimum absolute atomic E-state index is 0.185. The first kappa shape index (κ1) is 15.0. The van der Waals surface area contributed by atoms with Crippen LogP contribution in [0.25, 0.3) is 0 Å². The van der Waals surface area contributed by atoms with Crippen molar-refractivity contribution in [3.05, 3.63) is 53.6 Å². The van der Waals surface area contributed by atoms with E-state index in [1.54, 1.807) is 40.9 Å². The maximum absolute atomic E-state index is 12.8. The fraction of sp³-hybridized carbons (Fsp3) is 0.200. The highest BCUT2D eigenvalue weighted by Crippen LogP contribution is 2.27. The molecule has 0 bridgehead atoms. The van der Waals surface area contributed by atoms with Crippen molar-refractivity contribution in [1.82, 2.24) is 9.97 Å². The van der Waals surface area contributed by atoms with Gasteiger partial charge in [-0.2, -0.15) is 0 Å². The molecular formula is C15H13ClN4OS. The van der Waals surface area contributed by atoms with Gasteiger partial charge in [-0.15, -0.1) is 0 Å². The third kappa shape index (κ3) is 3.13. The van der Waals surface area contributed by atoms with Crippen LogP contribution in [-0.4, -0.2) is 32.8 Å². The molecule has 2 aromatic rings. The number of amides is 1. The van der Waals surface area contributed by atoms with Gasteiger partial charge in [-0.1, -0.05) is 23.4 Å². The van der Waals surface area contributed by atoms with Crippen LogP contribution in [0.4, 0.5) is 5.69 Å². The van der Waals surface area contributed by atoms with Gasteiger partial charge in [-0.25, -0.2) is 4.98 Å². The molecule has 0 spiro atoms. The molecule has 1 atom stereocenters. The van der Waals surface area contributed by atoms with Crippen molar-refractivity contribution in [3.63, 3.8) is 0 Å². The summed E-state index contributed by atoms with van der Waals surface area (Å²) in [5, 5.41) is 1.29. The lowest BCUT2D eigenvalue weighted by atomic mass is 10.2. The highest BCUT2D eigenvalue weighted by molar-refractivity contribution is 8.14. The summed E-state index contributed by atoms with van der Waals surface area (Å²) in [5.74, 6) is 0.600. The van der Waals surface area contributed by atoms with E-state index in [1.807, 2.05) is 6.92 Å². The fourth-order valence-corrected chi connectivity index (χ4v) is 3.17. The molecule has 112 valence electrons. The molecule has 0 radical (unpaired) electrons. The number of thioether (sulfide) groups is 1. The van der Waals surface area contributed by atoms with E-state index in [1.165, 1.54) is 18.6 Å². The Bertz CT molecular complexity index is 705. The number of hydrogen-bond donors (Lipinski definition) is 0. The van der Waals surface area contributed by atoms with E-state index < -0.39 is 0 Å². The van der Waals surface area contributed by atoms with Crippen molar-refractivity contribution in [2.24, 2.45) is 4.99 Å². The third-order valence-electron chi connectivity index (χ3n) is 3.05. The molecule has 22 heavy (non-hydrogen) atoms. The number of halogens is 1. The maximum atomic E-state index is 12.8. The van der Waals surface area contributed by atoms with Crippen molar-refractivity contribution in [3.8, 4) is 0 Å². The number of amidine groups is 1. The number of rotatable bonds is 2. The highest BCUT2D eigenvalue weighted by Gasteiger charge is 2.28. The summed E-state index contributed by atoms with van der Waals surface area (Å²) >= 11 is 7.49. The molecule has 1 aromatic carbocycles. The van der Waals surface area contributed by atoms with Gasteiger partial charge in [0.25, 0.3) is 5.91 Å². The van der Waals surface area contributed by atoms with Gasteiger partial charge in [0.1, 0.15) is 5.69 Å². The van der Waals surface area contributed by atoms with Gasteiger partial charge in [-0.05, 0) is 31.2 Å². The van der Waals surface area contributed by atoms with E-state index in [0.29, 0.717) is 15.9 Å². The smallest absolute Gasteiger partial charge is 0.266 e. The minimum Gasteiger partial charge on any atom is -0.266 e. The van der Waals surface area contributed by atoms with Crippen molar-refractivity contribution in [2.45, 2.75) is 13.0 Å². The molecule has 1 aliphatic rings. The first-order valence-corrected chi connectivity index (χ1v) is 8.08. The minimum atomic E-state index is -0.254. The number of aromatic nitrogens is 2. The molecular weight excluding hydrogens is 320 g/mol. The highest BCUT2D eigenvalue weighted by atomic mass is 35.5. The van der Waals surface area contributed by atoms with E-state index in [2.05, 4.69) is 15.0 Å². The monoisotopic (exact) mass is 332 g/mol. The van der Waals surface area contributed by atoms with Crippen molar-refractivity contribution in [2.75, 3.05) is 10.7 Å². The number of carbonyl (C=O) groups excluding carboxylic acids is 1. The van der Waals surface area contributed by atoms with E-state index in [4.69, 9.17) is 11.6 Å². The Morgan fingerprint density at radius 1 is 1.32 bits per heavy atom. The zero-order valence-electron chi connectivity index (χ0n) is 11.8. The summed E-state index contributed by atoms with van der Waals surface area (Å²) in [6.45, 7) is 2.02. The molecule has 0 unspecified atom stereocenters. The van der Waals surface area contributed by atoms with Gasteiger partial charge < -0.3 is 0 Å². The van der Waals surface area contributed by atoms with Crippen LogP contribution in [0.3, 0.4) is 0 Å². The van der Waals surface area contributed by atoms with Gasteiger partial charge >= 0.3 is 0 Å². The van der Waals surface area contributed by atoms with Crippen LogP contribution in [0.5, 0.6) is 0 Å². The summed E-state index contributed by atoms with van der Waals surface area (Å²) in [4.78, 5) is 27.0. The Hall–Kier alpha value is -1.92. The zero-order valence-corrected chi connectivity index (χ0v) is 13.4. The summed E-state index contributed by atoms with van der Waals surface area (Å²) in [5.41, 5.74) is 0.987. The quantitative estimate of drug-likeness (QED) is 0.847. The maximum Gasteiger partial charge on any atom is 0.284 e. The lowest BCUT2D eigenvalue weighted by Crippen LogP contribution is -2.35. The Morgan fingerprint density at radius 2 is 2.09 bits per heavy atom. The summed E-state index contributed by atoms with van der Waals surface area (Å²) in [7, 11) is 0. The Labute approximate surface area is 137 Å². The molecule has 5 nitrogen and oxygen atoms in total. The second kappa shape index (κ2) is 6.46. The predicted molar refractivity (Wildman–Crippen MR) is 89.6 cm³/mol. The number of benzene rings is 1. The largest absolute Gasteiger partial charge is 0.284 e. The van der Waals surface area contributed by atoms with E-state index in [-0.39, 0.29) is 17.6 Å². The predicted octanol–water partition coefficient (Wildman–Crippen LogP) is 3.27. The number of anilines is 1. The normalized spacial score (nSPS) is 17.2. The van der Waals surface area contributed by atoms with Crippen molar-refractivity contribution in [1.29, 1.82) is 0 Å². The van der Waals surface area contributed by atoms with Gasteiger partial charge in [0, 0.05) is 23.2 Å². The Balaban J connectivity index is 2.01. The standard InChI is InChI=1S/C15H13ClN4OS/c1-10-9-22-15(19-10)20(12-4-2-11(16)3-5-12)14(21)13-8-17-6-7-18-13/h2-8,10H,9H2,1H3/t10-/m1/s1. The van der Waals surface area contributed by atoms with Crippen LogP contribution in [0.2, 0.25) is 5.02 Å². The Morgan fingerprint density at radius 3 is 2.68 bits per heavy atom. The SMILES string of the molecule is C[C@@H]1CSC(N(C(=O)c2cnccn2)c2ccc(Cl)cc2)=N1. The third-order valence-corrected chi connectivity index (χ3v) is 4.49. The molecule has 0 aliphatic carbocycles. The second-order valence-corrected chi connectivity index (χ2v) is 6.20. The first-order chi connectivity index (χ1) is 10.6. The molecule has 0 saturated heterocycles. The summed E-state index contributed by atoms with van der Waals surface area (Å²) in [6.07, 6.45) is 4.49. The average Bonchev–Trinajstić information content (AvgIpc) is 2.96. The number of carbonyl (C=O) groups is 1. The lowest BCUT2D eigenvalue weighted by Gasteiger charge is -2.21. The molecule has 7 heteroatoms. The van der Waals surface area contributed by atoms with Crippen LogP contribution in [-0.2, 0) is 0 Å². The molecule has 1 aromatic heterocycles. The molecule has 0 fully saturated rings. The molecule has 1 amide bonds. The van der Waals surface area contributed by atoms with E-state index in [0.717, 1.165) is 5.75 Å². The van der Waals surface area contributed by atoms with Crippen molar-refractivity contribution >= 4 is 40.1 Å². The average molecular weight is 333 g/mol. The van der Waals surface area contributed by atoms with Crippen LogP contribution < -0.4 is 4.90 Å². The van der Waals surface area contributed by atoms with Crippen molar-refractivity contribution < 1.29 is 4.79 Å². The number of hydrogen-bond acceptors (Lipinski definition) is 5. The fourth-order valence-electron chi connectivity index (χ4n) is 2.01.